The highest BCUT2D eigenvalue weighted by atomic mass is 35.5. The first kappa shape index (κ1) is 18.3. The van der Waals surface area contributed by atoms with Crippen LogP contribution in [0.2, 0.25) is 5.02 Å². The van der Waals surface area contributed by atoms with E-state index in [1.165, 1.54) is 0 Å². The number of hydrogen-bond donors (Lipinski definition) is 0. The number of aryl methyl sites for hydroxylation is 2. The second kappa shape index (κ2) is 7.53. The second-order valence-electron chi connectivity index (χ2n) is 6.84. The molecule has 0 radical (unpaired) electrons. The summed E-state index contributed by atoms with van der Waals surface area (Å²) in [5.74, 6) is 0.621. The molecule has 140 valence electrons. The van der Waals surface area contributed by atoms with Gasteiger partial charge in [0.2, 0.25) is 11.2 Å². The minimum atomic E-state index is -0.187. The molecule has 0 unspecified atom stereocenters. The highest BCUT2D eigenvalue weighted by Gasteiger charge is 2.18. The maximum Gasteiger partial charge on any atom is 0.235 e. The van der Waals surface area contributed by atoms with Crippen LogP contribution in [0.15, 0.2) is 75.9 Å². The molecule has 4 heteroatoms. The van der Waals surface area contributed by atoms with E-state index < -0.39 is 0 Å². The lowest BCUT2D eigenvalue weighted by Crippen LogP contribution is -2.10. The fraction of sp³-hybridized carbons (Fsp3) is 0.125. The van der Waals surface area contributed by atoms with Gasteiger partial charge >= 0.3 is 0 Å². The second-order valence-corrected chi connectivity index (χ2v) is 7.24. The molecule has 0 fully saturated rings. The molecule has 0 aliphatic heterocycles. The summed E-state index contributed by atoms with van der Waals surface area (Å²) >= 11 is 6.24. The molecule has 4 rings (SSSR count). The average molecular weight is 391 g/mol. The van der Waals surface area contributed by atoms with E-state index in [9.17, 15) is 4.79 Å². The Kier molecular flexibility index (Phi) is 4.93. The fourth-order valence-electron chi connectivity index (χ4n) is 3.08. The van der Waals surface area contributed by atoms with Gasteiger partial charge in [-0.1, -0.05) is 71.3 Å². The van der Waals surface area contributed by atoms with Crippen LogP contribution in [0.5, 0.6) is 5.75 Å². The van der Waals surface area contributed by atoms with Crippen LogP contribution in [-0.4, -0.2) is 0 Å². The van der Waals surface area contributed by atoms with Crippen molar-refractivity contribution in [1.29, 1.82) is 0 Å². The number of fused-ring (bicyclic) bond motifs is 1. The Morgan fingerprint density at radius 3 is 2.39 bits per heavy atom. The van der Waals surface area contributed by atoms with Gasteiger partial charge in [0.15, 0.2) is 5.76 Å². The molecule has 4 aromatic rings. The van der Waals surface area contributed by atoms with Gasteiger partial charge in [-0.2, -0.15) is 0 Å². The Morgan fingerprint density at radius 2 is 1.64 bits per heavy atom. The lowest BCUT2D eigenvalue weighted by atomic mass is 10.1. The van der Waals surface area contributed by atoms with Crippen molar-refractivity contribution in [2.75, 3.05) is 0 Å². The minimum absolute atomic E-state index is 0.181. The molecule has 0 atom stereocenters. The Morgan fingerprint density at radius 1 is 0.929 bits per heavy atom. The molecular formula is C24H19ClO3. The zero-order valence-corrected chi connectivity index (χ0v) is 16.4. The summed E-state index contributed by atoms with van der Waals surface area (Å²) in [4.78, 5) is 13.2. The molecule has 28 heavy (non-hydrogen) atoms. The first-order valence-corrected chi connectivity index (χ1v) is 9.41. The van der Waals surface area contributed by atoms with E-state index >= 15 is 0 Å². The third kappa shape index (κ3) is 3.54. The largest absolute Gasteiger partial charge is 0.481 e. The molecule has 0 amide bonds. The summed E-state index contributed by atoms with van der Waals surface area (Å²) in [6.07, 6.45) is 0. The van der Waals surface area contributed by atoms with Gasteiger partial charge < -0.3 is 9.15 Å². The average Bonchev–Trinajstić information content (AvgIpc) is 2.69. The summed E-state index contributed by atoms with van der Waals surface area (Å²) < 4.78 is 12.1. The van der Waals surface area contributed by atoms with E-state index in [-0.39, 0.29) is 17.8 Å². The maximum absolute atomic E-state index is 13.2. The first-order valence-electron chi connectivity index (χ1n) is 9.03. The standard InChI is InChI=1S/C24H19ClO3/c1-15-7-10-17(11-8-15)23-24(27-14-18-5-3-4-6-20(18)25)22(26)19-13-16(2)9-12-21(19)28-23/h3-13H,14H2,1-2H3. The molecule has 0 aliphatic rings. The van der Waals surface area contributed by atoms with Gasteiger partial charge in [-0.3, -0.25) is 4.79 Å². The zero-order chi connectivity index (χ0) is 19.7. The van der Waals surface area contributed by atoms with Gasteiger partial charge in [0, 0.05) is 16.1 Å². The zero-order valence-electron chi connectivity index (χ0n) is 15.7. The van der Waals surface area contributed by atoms with E-state index in [4.69, 9.17) is 20.8 Å². The normalized spacial score (nSPS) is 11.0. The van der Waals surface area contributed by atoms with Crippen LogP contribution in [0, 0.1) is 13.8 Å². The topological polar surface area (TPSA) is 39.4 Å². The minimum Gasteiger partial charge on any atom is -0.481 e. The SMILES string of the molecule is Cc1ccc(-c2oc3ccc(C)cc3c(=O)c2OCc2ccccc2Cl)cc1. The Hall–Kier alpha value is -3.04. The van der Waals surface area contributed by atoms with E-state index in [1.807, 2.05) is 74.5 Å². The molecule has 1 aromatic heterocycles. The smallest absolute Gasteiger partial charge is 0.235 e. The molecule has 0 spiro atoms. The van der Waals surface area contributed by atoms with Crippen molar-refractivity contribution in [2.45, 2.75) is 20.5 Å². The van der Waals surface area contributed by atoms with E-state index in [1.54, 1.807) is 6.07 Å². The summed E-state index contributed by atoms with van der Waals surface area (Å²) in [5.41, 5.74) is 4.06. The fourth-order valence-corrected chi connectivity index (χ4v) is 3.27. The van der Waals surface area contributed by atoms with Gasteiger partial charge in [-0.05, 0) is 32.0 Å². The van der Waals surface area contributed by atoms with Crippen LogP contribution in [0.1, 0.15) is 16.7 Å². The van der Waals surface area contributed by atoms with Crippen LogP contribution < -0.4 is 10.2 Å². The number of halogens is 1. The van der Waals surface area contributed by atoms with Crippen molar-refractivity contribution in [3.05, 3.63) is 98.7 Å². The number of rotatable bonds is 4. The molecular weight excluding hydrogens is 372 g/mol. The van der Waals surface area contributed by atoms with Crippen molar-refractivity contribution >= 4 is 22.6 Å². The third-order valence-corrected chi connectivity index (χ3v) is 5.02. The highest BCUT2D eigenvalue weighted by molar-refractivity contribution is 6.31. The van der Waals surface area contributed by atoms with Crippen LogP contribution in [0.25, 0.3) is 22.3 Å². The van der Waals surface area contributed by atoms with Crippen molar-refractivity contribution < 1.29 is 9.15 Å². The number of hydrogen-bond acceptors (Lipinski definition) is 3. The lowest BCUT2D eigenvalue weighted by Gasteiger charge is -2.13. The first-order chi connectivity index (χ1) is 13.5. The Labute approximate surface area is 168 Å². The van der Waals surface area contributed by atoms with Gasteiger partial charge in [0.05, 0.1) is 5.39 Å². The number of ether oxygens (including phenoxy) is 1. The van der Waals surface area contributed by atoms with E-state index in [0.717, 1.165) is 22.3 Å². The number of benzene rings is 3. The van der Waals surface area contributed by atoms with Crippen LogP contribution in [-0.2, 0) is 6.61 Å². The molecule has 0 N–H and O–H groups in total. The molecule has 0 bridgehead atoms. The molecule has 1 heterocycles. The van der Waals surface area contributed by atoms with Crippen LogP contribution in [0.3, 0.4) is 0 Å². The summed E-state index contributed by atoms with van der Waals surface area (Å²) in [6.45, 7) is 4.13. The maximum atomic E-state index is 13.2. The van der Waals surface area contributed by atoms with Gasteiger partial charge in [-0.25, -0.2) is 0 Å². The molecule has 3 nitrogen and oxygen atoms in total. The highest BCUT2D eigenvalue weighted by Crippen LogP contribution is 2.32. The van der Waals surface area contributed by atoms with E-state index in [0.29, 0.717) is 21.8 Å². The third-order valence-electron chi connectivity index (χ3n) is 4.65. The van der Waals surface area contributed by atoms with E-state index in [2.05, 4.69) is 0 Å². The summed E-state index contributed by atoms with van der Waals surface area (Å²) in [5, 5.41) is 1.10. The Balaban J connectivity index is 1.87. The molecule has 0 saturated carbocycles. The van der Waals surface area contributed by atoms with Gasteiger partial charge in [0.25, 0.3) is 0 Å². The molecule has 0 saturated heterocycles. The monoisotopic (exact) mass is 390 g/mol. The van der Waals surface area contributed by atoms with Gasteiger partial charge in [-0.15, -0.1) is 0 Å². The summed E-state index contributed by atoms with van der Waals surface area (Å²) in [6, 6.07) is 20.8. The van der Waals surface area contributed by atoms with Crippen molar-refractivity contribution in [1.82, 2.24) is 0 Å². The molecule has 0 aliphatic carbocycles. The van der Waals surface area contributed by atoms with Crippen molar-refractivity contribution in [3.8, 4) is 17.1 Å². The quantitative estimate of drug-likeness (QED) is 0.410. The molecule has 3 aromatic carbocycles. The van der Waals surface area contributed by atoms with Crippen molar-refractivity contribution in [2.24, 2.45) is 0 Å². The lowest BCUT2D eigenvalue weighted by molar-refractivity contribution is 0.298. The van der Waals surface area contributed by atoms with Crippen molar-refractivity contribution in [3.63, 3.8) is 0 Å². The predicted octanol–water partition coefficient (Wildman–Crippen LogP) is 6.31. The van der Waals surface area contributed by atoms with Crippen LogP contribution in [0.4, 0.5) is 0 Å². The van der Waals surface area contributed by atoms with Gasteiger partial charge in [0.1, 0.15) is 12.2 Å². The Bertz CT molecular complexity index is 1210. The summed E-state index contributed by atoms with van der Waals surface area (Å²) in [7, 11) is 0. The van der Waals surface area contributed by atoms with Crippen LogP contribution >= 0.6 is 11.6 Å². The predicted molar refractivity (Wildman–Crippen MR) is 113 cm³/mol.